The second-order valence-electron chi connectivity index (χ2n) is 3.75. The van der Waals surface area contributed by atoms with Gasteiger partial charge in [0.25, 0.3) is 5.91 Å². The molecule has 0 N–H and O–H groups in total. The number of hydrogen-bond donors (Lipinski definition) is 0. The molecule has 0 saturated carbocycles. The lowest BCUT2D eigenvalue weighted by Gasteiger charge is -2.04. The molecule has 1 heterocycles. The summed E-state index contributed by atoms with van der Waals surface area (Å²) in [5.74, 6) is -2.87. The average Bonchev–Trinajstić information content (AvgIpc) is 2.61. The van der Waals surface area contributed by atoms with Gasteiger partial charge in [-0.25, -0.2) is 13.5 Å². The quantitative estimate of drug-likeness (QED) is 0.762. The van der Waals surface area contributed by atoms with Gasteiger partial charge in [0.1, 0.15) is 0 Å². The number of halogens is 2. The van der Waals surface area contributed by atoms with Gasteiger partial charge in [0.2, 0.25) is 0 Å². The lowest BCUT2D eigenvalue weighted by molar-refractivity contribution is 0.0937. The molecule has 0 amide bonds. The van der Waals surface area contributed by atoms with Gasteiger partial charge in [0.15, 0.2) is 11.6 Å². The molecule has 0 spiro atoms. The normalized spacial score (nSPS) is 10.6. The van der Waals surface area contributed by atoms with Gasteiger partial charge in [-0.1, -0.05) is 6.07 Å². The number of rotatable bonds is 1. The van der Waals surface area contributed by atoms with E-state index in [2.05, 4.69) is 5.10 Å². The maximum Gasteiger partial charge on any atom is 0.281 e. The molecule has 0 radical (unpaired) electrons. The van der Waals surface area contributed by atoms with Crippen LogP contribution in [0.15, 0.2) is 24.3 Å². The van der Waals surface area contributed by atoms with Crippen molar-refractivity contribution in [2.75, 3.05) is 0 Å². The van der Waals surface area contributed by atoms with E-state index in [4.69, 9.17) is 0 Å². The highest BCUT2D eigenvalue weighted by Crippen LogP contribution is 2.14. The van der Waals surface area contributed by atoms with Crippen molar-refractivity contribution in [1.82, 2.24) is 9.78 Å². The molecule has 0 aliphatic rings. The van der Waals surface area contributed by atoms with Gasteiger partial charge < -0.3 is 0 Å². The topological polar surface area (TPSA) is 34.9 Å². The minimum atomic E-state index is -1.15. The predicted octanol–water partition coefficient (Wildman–Crippen LogP) is 2.47. The van der Waals surface area contributed by atoms with Gasteiger partial charge >= 0.3 is 0 Å². The molecule has 2 rings (SSSR count). The molecule has 5 heteroatoms. The Morgan fingerprint density at radius 3 is 2.59 bits per heavy atom. The Morgan fingerprint density at radius 2 is 2.00 bits per heavy atom. The first-order valence-electron chi connectivity index (χ1n) is 5.02. The maximum absolute atomic E-state index is 13.4. The van der Waals surface area contributed by atoms with Crippen molar-refractivity contribution in [2.24, 2.45) is 0 Å². The second kappa shape index (κ2) is 4.08. The minimum Gasteiger partial charge on any atom is -0.267 e. The van der Waals surface area contributed by atoms with Crippen LogP contribution in [0.2, 0.25) is 0 Å². The van der Waals surface area contributed by atoms with E-state index in [1.54, 1.807) is 19.9 Å². The fraction of sp³-hybridized carbons (Fsp3) is 0.167. The molecule has 3 nitrogen and oxygen atoms in total. The minimum absolute atomic E-state index is 0.323. The summed E-state index contributed by atoms with van der Waals surface area (Å²) in [7, 11) is 0. The number of carbonyl (C=O) groups is 1. The molecule has 0 fully saturated rings. The highest BCUT2D eigenvalue weighted by Gasteiger charge is 2.18. The van der Waals surface area contributed by atoms with Crippen molar-refractivity contribution in [3.05, 3.63) is 52.9 Å². The lowest BCUT2D eigenvalue weighted by Crippen LogP contribution is -2.17. The Hall–Kier alpha value is -2.04. The molecule has 0 saturated heterocycles. The van der Waals surface area contributed by atoms with E-state index in [0.29, 0.717) is 11.4 Å². The van der Waals surface area contributed by atoms with Crippen LogP contribution in [0.1, 0.15) is 21.7 Å². The van der Waals surface area contributed by atoms with Crippen molar-refractivity contribution in [3.63, 3.8) is 0 Å². The second-order valence-corrected chi connectivity index (χ2v) is 3.75. The van der Waals surface area contributed by atoms with Crippen LogP contribution in [0.3, 0.4) is 0 Å². The summed E-state index contributed by atoms with van der Waals surface area (Å²) in [5.41, 5.74) is 0.903. The van der Waals surface area contributed by atoms with Crippen molar-refractivity contribution >= 4 is 5.91 Å². The number of aromatic nitrogens is 2. The van der Waals surface area contributed by atoms with Crippen LogP contribution in [0.25, 0.3) is 0 Å². The Bertz CT molecular complexity index is 590. The number of benzene rings is 1. The average molecular weight is 236 g/mol. The summed E-state index contributed by atoms with van der Waals surface area (Å²) in [6.45, 7) is 3.40. The van der Waals surface area contributed by atoms with Gasteiger partial charge in [0, 0.05) is 5.69 Å². The fourth-order valence-corrected chi connectivity index (χ4v) is 1.62. The molecule has 1 aromatic carbocycles. The summed E-state index contributed by atoms with van der Waals surface area (Å²) in [4.78, 5) is 11.9. The molecule has 2 aromatic rings. The first-order chi connectivity index (χ1) is 8.00. The van der Waals surface area contributed by atoms with Crippen LogP contribution < -0.4 is 0 Å². The van der Waals surface area contributed by atoms with E-state index >= 15 is 0 Å². The molecule has 0 bridgehead atoms. The summed E-state index contributed by atoms with van der Waals surface area (Å²) in [6, 6.07) is 5.18. The zero-order valence-electron chi connectivity index (χ0n) is 9.37. The SMILES string of the molecule is Cc1cc(C)n(C(=O)c2cccc(F)c2F)n1. The van der Waals surface area contributed by atoms with Gasteiger partial charge in [0.05, 0.1) is 11.3 Å². The van der Waals surface area contributed by atoms with Crippen LogP contribution >= 0.6 is 0 Å². The molecule has 0 aliphatic heterocycles. The van der Waals surface area contributed by atoms with E-state index < -0.39 is 17.5 Å². The van der Waals surface area contributed by atoms with Crippen molar-refractivity contribution < 1.29 is 13.6 Å². The van der Waals surface area contributed by atoms with E-state index in [1.165, 1.54) is 12.1 Å². The third kappa shape index (κ3) is 1.95. The van der Waals surface area contributed by atoms with Crippen LogP contribution in [-0.4, -0.2) is 15.7 Å². The monoisotopic (exact) mass is 236 g/mol. The van der Waals surface area contributed by atoms with Crippen molar-refractivity contribution in [1.29, 1.82) is 0 Å². The van der Waals surface area contributed by atoms with E-state index in [9.17, 15) is 13.6 Å². The molecule has 88 valence electrons. The predicted molar refractivity (Wildman–Crippen MR) is 57.8 cm³/mol. The van der Waals surface area contributed by atoms with Crippen molar-refractivity contribution in [2.45, 2.75) is 13.8 Å². The largest absolute Gasteiger partial charge is 0.281 e. The molecular formula is C12H10F2N2O. The zero-order chi connectivity index (χ0) is 12.6. The highest BCUT2D eigenvalue weighted by molar-refractivity contribution is 5.96. The van der Waals surface area contributed by atoms with Gasteiger partial charge in [-0.2, -0.15) is 5.10 Å². The van der Waals surface area contributed by atoms with Gasteiger partial charge in [-0.05, 0) is 32.0 Å². The van der Waals surface area contributed by atoms with Crippen LogP contribution in [0, 0.1) is 25.5 Å². The Morgan fingerprint density at radius 1 is 1.29 bits per heavy atom. The summed E-state index contributed by atoms with van der Waals surface area (Å²) in [6.07, 6.45) is 0. The Kier molecular flexibility index (Phi) is 2.75. The van der Waals surface area contributed by atoms with Gasteiger partial charge in [-0.3, -0.25) is 4.79 Å². The van der Waals surface area contributed by atoms with Crippen molar-refractivity contribution in [3.8, 4) is 0 Å². The first-order valence-corrected chi connectivity index (χ1v) is 5.02. The lowest BCUT2D eigenvalue weighted by atomic mass is 10.2. The summed E-state index contributed by atoms with van der Waals surface area (Å²) in [5, 5.41) is 3.94. The third-order valence-corrected chi connectivity index (χ3v) is 2.38. The molecular weight excluding hydrogens is 226 g/mol. The molecule has 1 aromatic heterocycles. The van der Waals surface area contributed by atoms with E-state index in [1.807, 2.05) is 0 Å². The number of aryl methyl sites for hydroxylation is 2. The fourth-order valence-electron chi connectivity index (χ4n) is 1.62. The standard InChI is InChI=1S/C12H10F2N2O/c1-7-6-8(2)16(15-7)12(17)9-4-3-5-10(13)11(9)14/h3-6H,1-2H3. The Balaban J connectivity index is 2.51. The van der Waals surface area contributed by atoms with Crippen LogP contribution in [0.4, 0.5) is 8.78 Å². The van der Waals surface area contributed by atoms with E-state index in [0.717, 1.165) is 10.7 Å². The Labute approximate surface area is 96.7 Å². The summed E-state index contributed by atoms with van der Waals surface area (Å²) >= 11 is 0. The first kappa shape index (κ1) is 11.4. The summed E-state index contributed by atoms with van der Waals surface area (Å²) < 4.78 is 27.5. The number of carbonyl (C=O) groups excluding carboxylic acids is 1. The maximum atomic E-state index is 13.4. The van der Waals surface area contributed by atoms with E-state index in [-0.39, 0.29) is 5.56 Å². The highest BCUT2D eigenvalue weighted by atomic mass is 19.2. The van der Waals surface area contributed by atoms with Gasteiger partial charge in [-0.15, -0.1) is 0 Å². The molecule has 0 unspecified atom stereocenters. The molecule has 0 aliphatic carbocycles. The smallest absolute Gasteiger partial charge is 0.267 e. The molecule has 0 atom stereocenters. The molecule has 17 heavy (non-hydrogen) atoms. The van der Waals surface area contributed by atoms with Crippen LogP contribution in [0.5, 0.6) is 0 Å². The number of hydrogen-bond acceptors (Lipinski definition) is 2. The zero-order valence-corrected chi connectivity index (χ0v) is 9.37. The third-order valence-electron chi connectivity index (χ3n) is 2.38. The van der Waals surface area contributed by atoms with Crippen LogP contribution in [-0.2, 0) is 0 Å². The number of nitrogens with zero attached hydrogens (tertiary/aromatic N) is 2.